The van der Waals surface area contributed by atoms with Gasteiger partial charge in [-0.05, 0) is 106 Å². The van der Waals surface area contributed by atoms with E-state index in [1.54, 1.807) is 0 Å². The molecule has 0 saturated heterocycles. The van der Waals surface area contributed by atoms with E-state index in [9.17, 15) is 0 Å². The molecular formula is C48H29NO2. The molecule has 0 aliphatic rings. The molecule has 0 amide bonds. The minimum atomic E-state index is 0.897. The van der Waals surface area contributed by atoms with Crippen LogP contribution in [-0.2, 0) is 0 Å². The summed E-state index contributed by atoms with van der Waals surface area (Å²) >= 11 is 0. The first kappa shape index (κ1) is 28.0. The van der Waals surface area contributed by atoms with Gasteiger partial charge in [0.2, 0.25) is 0 Å². The molecule has 11 aromatic rings. The molecule has 0 bridgehead atoms. The van der Waals surface area contributed by atoms with Crippen LogP contribution in [0.25, 0.3) is 105 Å². The van der Waals surface area contributed by atoms with Crippen LogP contribution >= 0.6 is 0 Å². The van der Waals surface area contributed by atoms with E-state index in [4.69, 9.17) is 8.83 Å². The lowest BCUT2D eigenvalue weighted by atomic mass is 9.94. The highest BCUT2D eigenvalue weighted by molar-refractivity contribution is 6.10. The van der Waals surface area contributed by atoms with Crippen molar-refractivity contribution in [2.24, 2.45) is 0 Å². The molecule has 3 heterocycles. The Morgan fingerprint density at radius 3 is 1.25 bits per heavy atom. The van der Waals surface area contributed by atoms with Gasteiger partial charge in [0.25, 0.3) is 0 Å². The van der Waals surface area contributed by atoms with E-state index in [1.807, 2.05) is 24.3 Å². The van der Waals surface area contributed by atoms with E-state index in [-0.39, 0.29) is 0 Å². The number of furan rings is 2. The Balaban J connectivity index is 1.13. The zero-order chi connectivity index (χ0) is 33.5. The Hall–Kier alpha value is -6.84. The maximum atomic E-state index is 6.21. The molecule has 0 aliphatic carbocycles. The van der Waals surface area contributed by atoms with Crippen LogP contribution in [0.4, 0.5) is 0 Å². The summed E-state index contributed by atoms with van der Waals surface area (Å²) in [6.45, 7) is 0. The van der Waals surface area contributed by atoms with Crippen molar-refractivity contribution in [3.63, 3.8) is 0 Å². The third-order valence-electron chi connectivity index (χ3n) is 10.4. The number of benzene rings is 8. The van der Waals surface area contributed by atoms with E-state index in [2.05, 4.69) is 156 Å². The highest BCUT2D eigenvalue weighted by Crippen LogP contribution is 2.39. The average Bonchev–Trinajstić information content (AvgIpc) is 3.87. The number of fused-ring (bicyclic) bond motifs is 9. The van der Waals surface area contributed by atoms with Gasteiger partial charge in [-0.15, -0.1) is 0 Å². The minimum Gasteiger partial charge on any atom is -0.456 e. The summed E-state index contributed by atoms with van der Waals surface area (Å²) in [4.78, 5) is 0. The fourth-order valence-corrected chi connectivity index (χ4v) is 7.96. The first-order valence-corrected chi connectivity index (χ1v) is 17.3. The molecule has 0 atom stereocenters. The summed E-state index contributed by atoms with van der Waals surface area (Å²) in [5.41, 5.74) is 14.0. The first-order valence-electron chi connectivity index (χ1n) is 17.3. The van der Waals surface area contributed by atoms with Gasteiger partial charge in [0.15, 0.2) is 0 Å². The molecule has 0 spiro atoms. The quantitative estimate of drug-likeness (QED) is 0.190. The molecule has 0 unspecified atom stereocenters. The van der Waals surface area contributed by atoms with Gasteiger partial charge in [-0.2, -0.15) is 0 Å². The zero-order valence-corrected chi connectivity index (χ0v) is 27.5. The lowest BCUT2D eigenvalue weighted by Gasteiger charge is -2.15. The normalized spacial score (nSPS) is 11.9. The van der Waals surface area contributed by atoms with E-state index in [0.29, 0.717) is 0 Å². The van der Waals surface area contributed by atoms with Gasteiger partial charge in [-0.3, -0.25) is 0 Å². The summed E-state index contributed by atoms with van der Waals surface area (Å²) in [5, 5.41) is 7.01. The van der Waals surface area contributed by atoms with Crippen LogP contribution < -0.4 is 0 Å². The summed E-state index contributed by atoms with van der Waals surface area (Å²) in [7, 11) is 0. The second-order valence-electron chi connectivity index (χ2n) is 13.3. The molecule has 3 nitrogen and oxygen atoms in total. The van der Waals surface area contributed by atoms with Crippen molar-refractivity contribution >= 4 is 65.7 Å². The van der Waals surface area contributed by atoms with Crippen LogP contribution in [-0.4, -0.2) is 4.57 Å². The Kier molecular flexibility index (Phi) is 5.96. The number of nitrogens with zero attached hydrogens (tertiary/aromatic N) is 1. The zero-order valence-electron chi connectivity index (χ0n) is 27.5. The molecule has 51 heavy (non-hydrogen) atoms. The Bertz CT molecular complexity index is 3100. The van der Waals surface area contributed by atoms with E-state index >= 15 is 0 Å². The average molecular weight is 652 g/mol. The van der Waals surface area contributed by atoms with Gasteiger partial charge < -0.3 is 13.4 Å². The molecule has 3 heteroatoms. The van der Waals surface area contributed by atoms with Crippen LogP contribution in [0, 0.1) is 0 Å². The van der Waals surface area contributed by atoms with Crippen molar-refractivity contribution in [3.05, 3.63) is 176 Å². The third-order valence-corrected chi connectivity index (χ3v) is 10.4. The number of aromatic nitrogens is 1. The summed E-state index contributed by atoms with van der Waals surface area (Å²) < 4.78 is 14.8. The highest BCUT2D eigenvalue weighted by Gasteiger charge is 2.16. The Labute approximate surface area is 293 Å². The van der Waals surface area contributed by atoms with Gasteiger partial charge in [-0.25, -0.2) is 0 Å². The smallest absolute Gasteiger partial charge is 0.135 e. The lowest BCUT2D eigenvalue weighted by molar-refractivity contribution is 0.668. The number of hydrogen-bond acceptors (Lipinski definition) is 2. The van der Waals surface area contributed by atoms with E-state index in [1.165, 1.54) is 21.8 Å². The van der Waals surface area contributed by atoms with E-state index in [0.717, 1.165) is 82.9 Å². The molecule has 0 N–H and O–H groups in total. The standard InChI is InChI=1S/C48H29NO2/c1-5-16-43-37(12-1)38-13-2-6-17-44(38)49(43)36-26-34(25-35(27-36)33-21-23-48-42(29-33)40-15-4-8-19-46(40)51-48)31-11-9-10-30(24-31)32-20-22-47-41(28-32)39-14-3-7-18-45(39)50-47/h1-29H. The predicted octanol–water partition coefficient (Wildman–Crippen LogP) is 13.6. The van der Waals surface area contributed by atoms with Crippen LogP contribution in [0.5, 0.6) is 0 Å². The SMILES string of the molecule is c1cc(-c2cc(-c3ccc4oc5ccccc5c4c3)cc(-n3c4ccccc4c4ccccc43)c2)cc(-c2ccc3oc4ccccc4c3c2)c1. The van der Waals surface area contributed by atoms with Crippen LogP contribution in [0.2, 0.25) is 0 Å². The first-order chi connectivity index (χ1) is 25.2. The highest BCUT2D eigenvalue weighted by atomic mass is 16.3. The number of hydrogen-bond donors (Lipinski definition) is 0. The fourth-order valence-electron chi connectivity index (χ4n) is 7.96. The topological polar surface area (TPSA) is 31.2 Å². The molecule has 0 saturated carbocycles. The summed E-state index contributed by atoms with van der Waals surface area (Å²) in [6, 6.07) is 62.9. The van der Waals surface area contributed by atoms with Gasteiger partial charge in [0.05, 0.1) is 11.0 Å². The second kappa shape index (κ2) is 10.8. The molecule has 8 aromatic carbocycles. The van der Waals surface area contributed by atoms with Crippen molar-refractivity contribution < 1.29 is 8.83 Å². The fraction of sp³-hybridized carbons (Fsp3) is 0. The maximum absolute atomic E-state index is 6.21. The lowest BCUT2D eigenvalue weighted by Crippen LogP contribution is -1.96. The molecule has 238 valence electrons. The monoisotopic (exact) mass is 651 g/mol. The molecule has 3 aromatic heterocycles. The Morgan fingerprint density at radius 2 is 0.686 bits per heavy atom. The maximum Gasteiger partial charge on any atom is 0.135 e. The molecule has 0 radical (unpaired) electrons. The van der Waals surface area contributed by atoms with Gasteiger partial charge in [-0.1, -0.05) is 103 Å². The molecule has 11 rings (SSSR count). The molecular weight excluding hydrogens is 623 g/mol. The third kappa shape index (κ3) is 4.38. The minimum absolute atomic E-state index is 0.897. The van der Waals surface area contributed by atoms with Crippen molar-refractivity contribution in [2.45, 2.75) is 0 Å². The van der Waals surface area contributed by atoms with Crippen molar-refractivity contribution in [1.29, 1.82) is 0 Å². The number of para-hydroxylation sites is 4. The van der Waals surface area contributed by atoms with Crippen LogP contribution in [0.15, 0.2) is 185 Å². The summed E-state index contributed by atoms with van der Waals surface area (Å²) in [6.07, 6.45) is 0. The second-order valence-corrected chi connectivity index (χ2v) is 13.3. The van der Waals surface area contributed by atoms with Gasteiger partial charge in [0, 0.05) is 38.0 Å². The van der Waals surface area contributed by atoms with Crippen LogP contribution in [0.3, 0.4) is 0 Å². The number of rotatable bonds is 4. The van der Waals surface area contributed by atoms with E-state index < -0.39 is 0 Å². The summed E-state index contributed by atoms with van der Waals surface area (Å²) in [5.74, 6) is 0. The predicted molar refractivity (Wildman–Crippen MR) is 212 cm³/mol. The van der Waals surface area contributed by atoms with Crippen molar-refractivity contribution in [1.82, 2.24) is 4.57 Å². The van der Waals surface area contributed by atoms with Crippen molar-refractivity contribution in [3.8, 4) is 39.1 Å². The van der Waals surface area contributed by atoms with Gasteiger partial charge in [0.1, 0.15) is 22.3 Å². The molecule has 0 fully saturated rings. The molecule has 0 aliphatic heterocycles. The van der Waals surface area contributed by atoms with Crippen molar-refractivity contribution in [2.75, 3.05) is 0 Å². The largest absolute Gasteiger partial charge is 0.456 e. The Morgan fingerprint density at radius 1 is 0.275 bits per heavy atom. The van der Waals surface area contributed by atoms with Gasteiger partial charge >= 0.3 is 0 Å². The van der Waals surface area contributed by atoms with Crippen LogP contribution in [0.1, 0.15) is 0 Å².